The number of alkyl halides is 2. The standard InChI is InChI=1S/C9H9F2N3/c1-5-6(2-3-12)7(8(10)11)4-14-9(5)13/h4,8H,2H2,1H3,(H2,13,14). The van der Waals surface area contributed by atoms with E-state index in [1.165, 1.54) is 0 Å². The molecule has 0 radical (unpaired) electrons. The van der Waals surface area contributed by atoms with Gasteiger partial charge in [0.15, 0.2) is 0 Å². The number of anilines is 1. The van der Waals surface area contributed by atoms with E-state index in [4.69, 9.17) is 11.0 Å². The van der Waals surface area contributed by atoms with E-state index in [0.29, 0.717) is 5.56 Å². The Morgan fingerprint density at radius 2 is 2.29 bits per heavy atom. The molecule has 0 aliphatic heterocycles. The molecule has 0 atom stereocenters. The third-order valence-corrected chi connectivity index (χ3v) is 2.02. The zero-order valence-corrected chi connectivity index (χ0v) is 7.59. The van der Waals surface area contributed by atoms with Gasteiger partial charge in [0.25, 0.3) is 6.43 Å². The van der Waals surface area contributed by atoms with Gasteiger partial charge < -0.3 is 5.73 Å². The Morgan fingerprint density at radius 1 is 1.64 bits per heavy atom. The van der Waals surface area contributed by atoms with E-state index in [-0.39, 0.29) is 23.4 Å². The van der Waals surface area contributed by atoms with Crippen LogP contribution in [0.4, 0.5) is 14.6 Å². The molecule has 1 rings (SSSR count). The first-order valence-electron chi connectivity index (χ1n) is 3.96. The average Bonchev–Trinajstić information content (AvgIpc) is 2.13. The highest BCUT2D eigenvalue weighted by Crippen LogP contribution is 2.26. The van der Waals surface area contributed by atoms with Gasteiger partial charge in [-0.1, -0.05) is 0 Å². The van der Waals surface area contributed by atoms with Crippen molar-refractivity contribution in [1.82, 2.24) is 4.98 Å². The van der Waals surface area contributed by atoms with Crippen LogP contribution < -0.4 is 5.73 Å². The Kier molecular flexibility index (Phi) is 2.97. The molecule has 74 valence electrons. The fraction of sp³-hybridized carbons (Fsp3) is 0.333. The zero-order valence-electron chi connectivity index (χ0n) is 7.59. The summed E-state index contributed by atoms with van der Waals surface area (Å²) in [5.41, 5.74) is 5.99. The van der Waals surface area contributed by atoms with Crippen molar-refractivity contribution in [3.63, 3.8) is 0 Å². The molecule has 14 heavy (non-hydrogen) atoms. The van der Waals surface area contributed by atoms with Crippen LogP contribution in [0.5, 0.6) is 0 Å². The molecular weight excluding hydrogens is 188 g/mol. The summed E-state index contributed by atoms with van der Waals surface area (Å²) in [5.74, 6) is 0.194. The van der Waals surface area contributed by atoms with Gasteiger partial charge in [-0.2, -0.15) is 5.26 Å². The molecule has 0 saturated heterocycles. The smallest absolute Gasteiger partial charge is 0.265 e. The van der Waals surface area contributed by atoms with Crippen molar-refractivity contribution in [1.29, 1.82) is 5.26 Å². The molecular formula is C9H9F2N3. The van der Waals surface area contributed by atoms with E-state index >= 15 is 0 Å². The number of nitrogen functional groups attached to an aromatic ring is 1. The van der Waals surface area contributed by atoms with Crippen LogP contribution in [-0.4, -0.2) is 4.98 Å². The zero-order chi connectivity index (χ0) is 10.7. The number of nitrogens with two attached hydrogens (primary N) is 1. The number of aromatic nitrogens is 1. The van der Waals surface area contributed by atoms with Crippen LogP contribution >= 0.6 is 0 Å². The minimum absolute atomic E-state index is 0.0712. The van der Waals surface area contributed by atoms with Crippen molar-refractivity contribution in [2.24, 2.45) is 0 Å². The first kappa shape index (κ1) is 10.4. The predicted octanol–water partition coefficient (Wildman–Crippen LogP) is 1.98. The van der Waals surface area contributed by atoms with Crippen LogP contribution in [0.25, 0.3) is 0 Å². The summed E-state index contributed by atoms with van der Waals surface area (Å²) in [6.45, 7) is 1.58. The average molecular weight is 197 g/mol. The summed E-state index contributed by atoms with van der Waals surface area (Å²) < 4.78 is 24.9. The fourth-order valence-corrected chi connectivity index (χ4v) is 1.19. The number of hydrogen-bond donors (Lipinski definition) is 1. The highest BCUT2D eigenvalue weighted by Gasteiger charge is 2.16. The largest absolute Gasteiger partial charge is 0.383 e. The van der Waals surface area contributed by atoms with Gasteiger partial charge in [0.1, 0.15) is 5.82 Å². The van der Waals surface area contributed by atoms with Gasteiger partial charge in [-0.15, -0.1) is 0 Å². The number of nitrogens with zero attached hydrogens (tertiary/aromatic N) is 2. The van der Waals surface area contributed by atoms with Crippen LogP contribution in [-0.2, 0) is 6.42 Å². The number of halogens is 2. The Morgan fingerprint density at radius 3 is 2.79 bits per heavy atom. The van der Waals surface area contributed by atoms with Crippen molar-refractivity contribution in [2.45, 2.75) is 19.8 Å². The molecule has 0 spiro atoms. The second-order valence-electron chi connectivity index (χ2n) is 2.84. The van der Waals surface area contributed by atoms with Gasteiger partial charge in [0, 0.05) is 11.8 Å². The summed E-state index contributed by atoms with van der Waals surface area (Å²) in [7, 11) is 0. The molecule has 0 amide bonds. The maximum atomic E-state index is 12.5. The number of pyridine rings is 1. The lowest BCUT2D eigenvalue weighted by Crippen LogP contribution is -2.03. The summed E-state index contributed by atoms with van der Waals surface area (Å²) in [4.78, 5) is 3.63. The van der Waals surface area contributed by atoms with Crippen molar-refractivity contribution in [3.05, 3.63) is 22.9 Å². The van der Waals surface area contributed by atoms with Crippen LogP contribution in [0.1, 0.15) is 23.1 Å². The van der Waals surface area contributed by atoms with E-state index in [1.54, 1.807) is 6.92 Å². The quantitative estimate of drug-likeness (QED) is 0.788. The van der Waals surface area contributed by atoms with Crippen LogP contribution in [0.3, 0.4) is 0 Å². The SMILES string of the molecule is Cc1c(N)ncc(C(F)F)c1CC#N. The highest BCUT2D eigenvalue weighted by molar-refractivity contribution is 5.48. The van der Waals surface area contributed by atoms with Crippen LogP contribution in [0, 0.1) is 18.3 Å². The number of rotatable bonds is 2. The number of hydrogen-bond acceptors (Lipinski definition) is 3. The van der Waals surface area contributed by atoms with E-state index in [1.807, 2.05) is 6.07 Å². The fourth-order valence-electron chi connectivity index (χ4n) is 1.19. The summed E-state index contributed by atoms with van der Waals surface area (Å²) >= 11 is 0. The minimum Gasteiger partial charge on any atom is -0.383 e. The van der Waals surface area contributed by atoms with Gasteiger partial charge in [0.2, 0.25) is 0 Å². The third-order valence-electron chi connectivity index (χ3n) is 2.02. The van der Waals surface area contributed by atoms with Gasteiger partial charge in [-0.05, 0) is 18.1 Å². The summed E-state index contributed by atoms with van der Waals surface area (Å²) in [6, 6.07) is 1.83. The van der Waals surface area contributed by atoms with Crippen molar-refractivity contribution >= 4 is 5.82 Å². The Bertz CT molecular complexity index is 382. The molecule has 0 fully saturated rings. The highest BCUT2D eigenvalue weighted by atomic mass is 19.3. The Balaban J connectivity index is 3.31. The normalized spacial score (nSPS) is 10.2. The van der Waals surface area contributed by atoms with Crippen molar-refractivity contribution in [2.75, 3.05) is 5.73 Å². The molecule has 0 bridgehead atoms. The monoisotopic (exact) mass is 197 g/mol. The maximum Gasteiger partial charge on any atom is 0.265 e. The summed E-state index contributed by atoms with van der Waals surface area (Å²) in [5, 5.41) is 8.49. The van der Waals surface area contributed by atoms with Gasteiger partial charge >= 0.3 is 0 Å². The summed E-state index contributed by atoms with van der Waals surface area (Å²) in [6.07, 6.45) is -1.66. The maximum absolute atomic E-state index is 12.5. The second kappa shape index (κ2) is 4.01. The van der Waals surface area contributed by atoms with E-state index < -0.39 is 6.43 Å². The second-order valence-corrected chi connectivity index (χ2v) is 2.84. The van der Waals surface area contributed by atoms with E-state index in [9.17, 15) is 8.78 Å². The first-order valence-corrected chi connectivity index (χ1v) is 3.96. The predicted molar refractivity (Wildman–Crippen MR) is 47.7 cm³/mol. The molecule has 1 aromatic rings. The van der Waals surface area contributed by atoms with E-state index in [0.717, 1.165) is 6.20 Å². The van der Waals surface area contributed by atoms with Crippen molar-refractivity contribution in [3.8, 4) is 6.07 Å². The molecule has 3 nitrogen and oxygen atoms in total. The Labute approximate surface area is 80.2 Å². The third kappa shape index (κ3) is 1.79. The molecule has 5 heteroatoms. The van der Waals surface area contributed by atoms with Gasteiger partial charge in [0.05, 0.1) is 12.5 Å². The minimum atomic E-state index is -2.62. The van der Waals surface area contributed by atoms with Crippen molar-refractivity contribution < 1.29 is 8.78 Å². The molecule has 0 saturated carbocycles. The topological polar surface area (TPSA) is 62.7 Å². The lowest BCUT2D eigenvalue weighted by molar-refractivity contribution is 0.150. The molecule has 1 aromatic heterocycles. The molecule has 0 unspecified atom stereocenters. The lowest BCUT2D eigenvalue weighted by atomic mass is 10.0. The van der Waals surface area contributed by atoms with Crippen LogP contribution in [0.15, 0.2) is 6.20 Å². The molecule has 0 aromatic carbocycles. The molecule has 0 aliphatic carbocycles. The van der Waals surface area contributed by atoms with Gasteiger partial charge in [-0.3, -0.25) is 0 Å². The van der Waals surface area contributed by atoms with Crippen LogP contribution in [0.2, 0.25) is 0 Å². The first-order chi connectivity index (χ1) is 6.57. The van der Waals surface area contributed by atoms with Gasteiger partial charge in [-0.25, -0.2) is 13.8 Å². The lowest BCUT2D eigenvalue weighted by Gasteiger charge is -2.10. The van der Waals surface area contributed by atoms with E-state index in [2.05, 4.69) is 4.98 Å². The number of nitriles is 1. The molecule has 2 N–H and O–H groups in total. The molecule has 0 aliphatic rings. The Hall–Kier alpha value is -1.70. The molecule has 1 heterocycles.